The van der Waals surface area contributed by atoms with E-state index in [2.05, 4.69) is 20.7 Å². The van der Waals surface area contributed by atoms with E-state index < -0.39 is 0 Å². The van der Waals surface area contributed by atoms with Crippen molar-refractivity contribution in [2.75, 3.05) is 19.6 Å². The molecule has 1 aromatic carbocycles. The maximum atomic E-state index is 13.3. The van der Waals surface area contributed by atoms with Crippen LogP contribution in [0.15, 0.2) is 47.7 Å². The molecule has 2 N–H and O–H groups in total. The van der Waals surface area contributed by atoms with Crippen LogP contribution in [0.4, 0.5) is 4.39 Å². The first-order valence-corrected chi connectivity index (χ1v) is 8.63. The molecule has 7 heteroatoms. The number of halogens is 1. The molecule has 0 spiro atoms. The van der Waals surface area contributed by atoms with Gasteiger partial charge in [-0.1, -0.05) is 13.0 Å². The molecule has 0 aliphatic carbocycles. The van der Waals surface area contributed by atoms with Crippen molar-refractivity contribution in [1.29, 1.82) is 0 Å². The van der Waals surface area contributed by atoms with Gasteiger partial charge in [0.25, 0.3) is 0 Å². The topological polar surface area (TPSA) is 63.5 Å². The van der Waals surface area contributed by atoms with Crippen molar-refractivity contribution in [3.05, 3.63) is 48.5 Å². The average Bonchev–Trinajstić information content (AvgIpc) is 3.12. The first kappa shape index (κ1) is 18.8. The average molecular weight is 347 g/mol. The van der Waals surface area contributed by atoms with E-state index in [1.807, 2.05) is 30.8 Å². The summed E-state index contributed by atoms with van der Waals surface area (Å²) in [6.07, 6.45) is 4.36. The molecule has 1 unspecified atom stereocenters. The van der Waals surface area contributed by atoms with Crippen LogP contribution in [-0.4, -0.2) is 41.5 Å². The molecule has 0 bridgehead atoms. The summed E-state index contributed by atoms with van der Waals surface area (Å²) in [5.41, 5.74) is 0. The minimum atomic E-state index is -0.301. The van der Waals surface area contributed by atoms with Crippen LogP contribution in [0.3, 0.4) is 0 Å². The van der Waals surface area contributed by atoms with Crippen molar-refractivity contribution in [3.63, 3.8) is 0 Å². The molecule has 0 aliphatic rings. The molecule has 25 heavy (non-hydrogen) atoms. The van der Waals surface area contributed by atoms with E-state index >= 15 is 0 Å². The molecule has 6 nitrogen and oxygen atoms in total. The quantitative estimate of drug-likeness (QED) is 0.540. The summed E-state index contributed by atoms with van der Waals surface area (Å²) < 4.78 is 20.9. The van der Waals surface area contributed by atoms with E-state index in [1.165, 1.54) is 12.1 Å². The number of nitrogens with one attached hydrogen (secondary N) is 2. The van der Waals surface area contributed by atoms with Crippen LogP contribution >= 0.6 is 0 Å². The third kappa shape index (κ3) is 6.82. The summed E-state index contributed by atoms with van der Waals surface area (Å²) >= 11 is 0. The molecule has 1 atom stereocenters. The minimum absolute atomic E-state index is 0.108. The molecule has 0 saturated carbocycles. The summed E-state index contributed by atoms with van der Waals surface area (Å²) in [6.45, 7) is 6.78. The zero-order valence-electron chi connectivity index (χ0n) is 14.8. The van der Waals surface area contributed by atoms with Gasteiger partial charge in [-0.15, -0.1) is 0 Å². The Morgan fingerprint density at radius 2 is 2.20 bits per heavy atom. The third-order valence-electron chi connectivity index (χ3n) is 3.54. The molecular formula is C18H26FN5O. The molecule has 0 radical (unpaired) electrons. The van der Waals surface area contributed by atoms with Crippen LogP contribution in [0.1, 0.15) is 20.3 Å². The van der Waals surface area contributed by atoms with Gasteiger partial charge in [0, 0.05) is 31.5 Å². The van der Waals surface area contributed by atoms with Crippen molar-refractivity contribution < 1.29 is 9.13 Å². The van der Waals surface area contributed by atoms with Crippen molar-refractivity contribution in [2.24, 2.45) is 4.99 Å². The maximum absolute atomic E-state index is 13.3. The Morgan fingerprint density at radius 1 is 1.32 bits per heavy atom. The molecule has 1 aromatic heterocycles. The zero-order chi connectivity index (χ0) is 17.9. The first-order chi connectivity index (χ1) is 12.2. The fourth-order valence-corrected chi connectivity index (χ4v) is 2.24. The highest BCUT2D eigenvalue weighted by molar-refractivity contribution is 5.79. The van der Waals surface area contributed by atoms with Gasteiger partial charge in [0.15, 0.2) is 5.96 Å². The van der Waals surface area contributed by atoms with Crippen LogP contribution < -0.4 is 15.4 Å². The standard InChI is InChI=1S/C18H26FN5O/c1-3-16(25-17-8-5-7-15(19)13-17)14-22-18(20-4-2)21-10-12-24-11-6-9-23-24/h5-9,11,13,16H,3-4,10,12,14H2,1-2H3,(H2,20,21,22). The number of aromatic nitrogens is 2. The van der Waals surface area contributed by atoms with Crippen LogP contribution in [0.2, 0.25) is 0 Å². The van der Waals surface area contributed by atoms with Crippen LogP contribution in [0, 0.1) is 5.82 Å². The number of ether oxygens (including phenoxy) is 1. The van der Waals surface area contributed by atoms with Crippen LogP contribution in [-0.2, 0) is 6.54 Å². The van der Waals surface area contributed by atoms with Gasteiger partial charge in [0.05, 0.1) is 13.1 Å². The smallest absolute Gasteiger partial charge is 0.191 e. The van der Waals surface area contributed by atoms with Gasteiger partial charge in [-0.3, -0.25) is 4.68 Å². The lowest BCUT2D eigenvalue weighted by Gasteiger charge is -2.17. The van der Waals surface area contributed by atoms with Gasteiger partial charge >= 0.3 is 0 Å². The largest absolute Gasteiger partial charge is 0.488 e. The molecule has 0 saturated heterocycles. The van der Waals surface area contributed by atoms with Gasteiger partial charge in [0.2, 0.25) is 0 Å². The Morgan fingerprint density at radius 3 is 2.88 bits per heavy atom. The van der Waals surface area contributed by atoms with Crippen molar-refractivity contribution in [2.45, 2.75) is 32.9 Å². The van der Waals surface area contributed by atoms with Gasteiger partial charge in [-0.2, -0.15) is 5.10 Å². The molecule has 0 aliphatic heterocycles. The second-order valence-corrected chi connectivity index (χ2v) is 5.52. The summed E-state index contributed by atoms with van der Waals surface area (Å²) in [5, 5.41) is 10.6. The Balaban J connectivity index is 1.86. The molecule has 1 heterocycles. The normalized spacial score (nSPS) is 12.7. The second-order valence-electron chi connectivity index (χ2n) is 5.52. The highest BCUT2D eigenvalue weighted by Gasteiger charge is 2.09. The lowest BCUT2D eigenvalue weighted by Crippen LogP contribution is -2.39. The fraction of sp³-hybridized carbons (Fsp3) is 0.444. The highest BCUT2D eigenvalue weighted by atomic mass is 19.1. The number of rotatable bonds is 9. The van der Waals surface area contributed by atoms with Crippen LogP contribution in [0.25, 0.3) is 0 Å². The van der Waals surface area contributed by atoms with Gasteiger partial charge in [-0.25, -0.2) is 9.38 Å². The summed E-state index contributed by atoms with van der Waals surface area (Å²) in [4.78, 5) is 4.57. The number of guanidine groups is 1. The van der Waals surface area contributed by atoms with E-state index in [4.69, 9.17) is 4.74 Å². The number of aliphatic imine (C=N–C) groups is 1. The van der Waals surface area contributed by atoms with E-state index in [0.717, 1.165) is 32.0 Å². The van der Waals surface area contributed by atoms with Crippen molar-refractivity contribution in [3.8, 4) is 5.75 Å². The van der Waals surface area contributed by atoms with E-state index in [1.54, 1.807) is 18.3 Å². The lowest BCUT2D eigenvalue weighted by molar-refractivity contribution is 0.205. The van der Waals surface area contributed by atoms with Gasteiger partial charge < -0.3 is 15.4 Å². The first-order valence-electron chi connectivity index (χ1n) is 8.63. The van der Waals surface area contributed by atoms with E-state index in [-0.39, 0.29) is 11.9 Å². The third-order valence-corrected chi connectivity index (χ3v) is 3.54. The van der Waals surface area contributed by atoms with E-state index in [9.17, 15) is 4.39 Å². The van der Waals surface area contributed by atoms with Crippen LogP contribution in [0.5, 0.6) is 5.75 Å². The number of benzene rings is 1. The van der Waals surface area contributed by atoms with Gasteiger partial charge in [0.1, 0.15) is 17.7 Å². The second kappa shape index (κ2) is 10.3. The zero-order valence-corrected chi connectivity index (χ0v) is 14.8. The Hall–Kier alpha value is -2.57. The van der Waals surface area contributed by atoms with Crippen molar-refractivity contribution >= 4 is 5.96 Å². The maximum Gasteiger partial charge on any atom is 0.191 e. The molecular weight excluding hydrogens is 321 g/mol. The fourth-order valence-electron chi connectivity index (χ4n) is 2.24. The summed E-state index contributed by atoms with van der Waals surface area (Å²) in [6, 6.07) is 8.08. The highest BCUT2D eigenvalue weighted by Crippen LogP contribution is 2.15. The molecule has 0 fully saturated rings. The predicted octanol–water partition coefficient (Wildman–Crippen LogP) is 2.43. The number of nitrogens with zero attached hydrogens (tertiary/aromatic N) is 3. The number of hydrogen-bond acceptors (Lipinski definition) is 3. The number of hydrogen-bond donors (Lipinski definition) is 2. The summed E-state index contributed by atoms with van der Waals surface area (Å²) in [7, 11) is 0. The monoisotopic (exact) mass is 347 g/mol. The SMILES string of the molecule is CCNC(=NCC(CC)Oc1cccc(F)c1)NCCn1cccn1. The lowest BCUT2D eigenvalue weighted by atomic mass is 10.2. The Bertz CT molecular complexity index is 645. The van der Waals surface area contributed by atoms with E-state index in [0.29, 0.717) is 12.3 Å². The van der Waals surface area contributed by atoms with Crippen molar-refractivity contribution in [1.82, 2.24) is 20.4 Å². The molecule has 2 rings (SSSR count). The molecule has 2 aromatic rings. The minimum Gasteiger partial charge on any atom is -0.488 e. The Labute approximate surface area is 148 Å². The molecule has 0 amide bonds. The Kier molecular flexibility index (Phi) is 7.75. The predicted molar refractivity (Wildman–Crippen MR) is 97.3 cm³/mol. The van der Waals surface area contributed by atoms with Gasteiger partial charge in [-0.05, 0) is 31.5 Å². The molecule has 136 valence electrons. The summed E-state index contributed by atoms with van der Waals surface area (Å²) in [5.74, 6) is 0.958.